The number of alkyl halides is 6. The smallest absolute Gasteiger partial charge is 0.293 e. The zero-order chi connectivity index (χ0) is 15.0. The molecule has 0 N–H and O–H groups in total. The van der Waals surface area contributed by atoms with Gasteiger partial charge < -0.3 is 0 Å². The molecule has 0 aromatic heterocycles. The molecule has 0 aliphatic heterocycles. The number of hydrogen-bond donors (Lipinski definition) is 0. The molecular formula is C10H4F8O. The normalized spacial score (nSPS) is 12.9. The van der Waals surface area contributed by atoms with Gasteiger partial charge in [-0.3, -0.25) is 4.79 Å². The van der Waals surface area contributed by atoms with Crippen molar-refractivity contribution in [2.24, 2.45) is 5.92 Å². The van der Waals surface area contributed by atoms with Gasteiger partial charge in [-0.15, -0.1) is 0 Å². The van der Waals surface area contributed by atoms with Gasteiger partial charge in [0.2, 0.25) is 5.92 Å². The molecule has 0 bridgehead atoms. The van der Waals surface area contributed by atoms with Crippen LogP contribution in [-0.4, -0.2) is 18.1 Å². The summed E-state index contributed by atoms with van der Waals surface area (Å²) in [4.78, 5) is 11.2. The average Bonchev–Trinajstić information content (AvgIpc) is 2.17. The molecule has 0 atom stereocenters. The number of ketones is 1. The highest BCUT2D eigenvalue weighted by Gasteiger charge is 2.61. The molecular weight excluding hydrogens is 288 g/mol. The van der Waals surface area contributed by atoms with Crippen LogP contribution in [0, 0.1) is 17.6 Å². The molecule has 0 fully saturated rings. The maximum absolute atomic E-state index is 13.0. The highest BCUT2D eigenvalue weighted by atomic mass is 19.4. The first-order valence-electron chi connectivity index (χ1n) is 4.57. The van der Waals surface area contributed by atoms with Gasteiger partial charge in [0.05, 0.1) is 5.56 Å². The largest absolute Gasteiger partial charge is 0.407 e. The average molecular weight is 292 g/mol. The first kappa shape index (κ1) is 15.4. The van der Waals surface area contributed by atoms with Gasteiger partial charge in [0.25, 0.3) is 0 Å². The Morgan fingerprint density at radius 1 is 0.947 bits per heavy atom. The van der Waals surface area contributed by atoms with Crippen molar-refractivity contribution in [3.8, 4) is 0 Å². The Kier molecular flexibility index (Phi) is 3.87. The van der Waals surface area contributed by atoms with E-state index in [1.807, 2.05) is 0 Å². The Morgan fingerprint density at radius 2 is 1.42 bits per heavy atom. The minimum absolute atomic E-state index is 0.0118. The summed E-state index contributed by atoms with van der Waals surface area (Å²) in [5.74, 6) is -9.97. The van der Waals surface area contributed by atoms with Gasteiger partial charge in [0.1, 0.15) is 11.6 Å². The number of halogens is 8. The third-order valence-electron chi connectivity index (χ3n) is 2.11. The van der Waals surface area contributed by atoms with Crippen molar-refractivity contribution in [1.82, 2.24) is 0 Å². The summed E-state index contributed by atoms with van der Waals surface area (Å²) >= 11 is 0. The van der Waals surface area contributed by atoms with Crippen LogP contribution in [0.4, 0.5) is 35.1 Å². The fraction of sp³-hybridized carbons (Fsp3) is 0.300. The van der Waals surface area contributed by atoms with Crippen molar-refractivity contribution in [1.29, 1.82) is 0 Å². The molecule has 19 heavy (non-hydrogen) atoms. The molecule has 0 radical (unpaired) electrons. The van der Waals surface area contributed by atoms with Gasteiger partial charge in [-0.1, -0.05) is 0 Å². The molecule has 0 heterocycles. The predicted molar refractivity (Wildman–Crippen MR) is 46.3 cm³/mol. The highest BCUT2D eigenvalue weighted by Crippen LogP contribution is 2.41. The topological polar surface area (TPSA) is 17.1 Å². The SMILES string of the molecule is O=C(c1cc(F)ccc1F)C(C(F)(F)F)C(F)(F)F. The molecule has 0 amide bonds. The lowest BCUT2D eigenvalue weighted by Gasteiger charge is -2.21. The maximum Gasteiger partial charge on any atom is 0.407 e. The van der Waals surface area contributed by atoms with Crippen molar-refractivity contribution < 1.29 is 39.9 Å². The van der Waals surface area contributed by atoms with E-state index >= 15 is 0 Å². The molecule has 1 nitrogen and oxygen atoms in total. The van der Waals surface area contributed by atoms with Gasteiger partial charge in [-0.2, -0.15) is 26.3 Å². The summed E-state index contributed by atoms with van der Waals surface area (Å²) in [6.45, 7) is 0. The summed E-state index contributed by atoms with van der Waals surface area (Å²) < 4.78 is 99.1. The van der Waals surface area contributed by atoms with E-state index in [2.05, 4.69) is 0 Å². The van der Waals surface area contributed by atoms with Gasteiger partial charge >= 0.3 is 12.4 Å². The first-order chi connectivity index (χ1) is 8.44. The van der Waals surface area contributed by atoms with Crippen LogP contribution in [0.2, 0.25) is 0 Å². The van der Waals surface area contributed by atoms with E-state index in [0.717, 1.165) is 0 Å². The predicted octanol–water partition coefficient (Wildman–Crippen LogP) is 3.89. The Bertz CT molecular complexity index is 473. The van der Waals surface area contributed by atoms with Gasteiger partial charge in [-0.25, -0.2) is 8.78 Å². The molecule has 1 aromatic rings. The van der Waals surface area contributed by atoms with Gasteiger partial charge in [0.15, 0.2) is 5.78 Å². The second kappa shape index (κ2) is 4.78. The van der Waals surface area contributed by atoms with Crippen molar-refractivity contribution in [3.05, 3.63) is 35.4 Å². The van der Waals surface area contributed by atoms with Crippen LogP contribution in [0.1, 0.15) is 10.4 Å². The third kappa shape index (κ3) is 3.42. The Morgan fingerprint density at radius 3 is 1.84 bits per heavy atom. The van der Waals surface area contributed by atoms with Crippen LogP contribution in [-0.2, 0) is 0 Å². The summed E-state index contributed by atoms with van der Waals surface area (Å²) in [5.41, 5.74) is -1.60. The Hall–Kier alpha value is -1.67. The molecule has 0 aliphatic carbocycles. The third-order valence-corrected chi connectivity index (χ3v) is 2.11. The second-order valence-electron chi connectivity index (χ2n) is 3.50. The second-order valence-corrected chi connectivity index (χ2v) is 3.50. The summed E-state index contributed by atoms with van der Waals surface area (Å²) in [5, 5.41) is 0. The molecule has 106 valence electrons. The van der Waals surface area contributed by atoms with Gasteiger partial charge in [0, 0.05) is 0 Å². The van der Waals surface area contributed by atoms with Crippen molar-refractivity contribution in [2.45, 2.75) is 12.4 Å². The molecule has 0 aliphatic rings. The lowest BCUT2D eigenvalue weighted by atomic mass is 9.96. The summed E-state index contributed by atoms with van der Waals surface area (Å²) in [6, 6.07) is 0.719. The molecule has 0 spiro atoms. The van der Waals surface area contributed by atoms with Crippen molar-refractivity contribution in [3.63, 3.8) is 0 Å². The number of benzene rings is 1. The number of hydrogen-bond acceptors (Lipinski definition) is 1. The number of Topliss-reactive ketones (excluding diaryl/α,β-unsaturated/α-hetero) is 1. The van der Waals surface area contributed by atoms with Crippen LogP contribution < -0.4 is 0 Å². The Balaban J connectivity index is 3.32. The fourth-order valence-electron chi connectivity index (χ4n) is 1.32. The van der Waals surface area contributed by atoms with Crippen LogP contribution in [0.3, 0.4) is 0 Å². The van der Waals surface area contributed by atoms with Crippen molar-refractivity contribution in [2.75, 3.05) is 0 Å². The van der Waals surface area contributed by atoms with Crippen LogP contribution in [0.5, 0.6) is 0 Å². The molecule has 0 saturated carbocycles. The Labute approximate surface area is 100 Å². The van der Waals surface area contributed by atoms with E-state index in [-0.39, 0.29) is 12.1 Å². The van der Waals surface area contributed by atoms with Crippen LogP contribution in [0.15, 0.2) is 18.2 Å². The molecule has 0 unspecified atom stereocenters. The van der Waals surface area contributed by atoms with E-state index in [9.17, 15) is 39.9 Å². The number of carbonyl (C=O) groups excluding carboxylic acids is 1. The van der Waals surface area contributed by atoms with Crippen LogP contribution >= 0.6 is 0 Å². The van der Waals surface area contributed by atoms with E-state index in [4.69, 9.17) is 0 Å². The maximum atomic E-state index is 13.0. The van der Waals surface area contributed by atoms with E-state index in [1.54, 1.807) is 0 Å². The van der Waals surface area contributed by atoms with E-state index < -0.39 is 41.3 Å². The van der Waals surface area contributed by atoms with E-state index in [0.29, 0.717) is 6.07 Å². The lowest BCUT2D eigenvalue weighted by molar-refractivity contribution is -0.264. The molecule has 1 aromatic carbocycles. The highest BCUT2D eigenvalue weighted by molar-refractivity contribution is 5.99. The minimum Gasteiger partial charge on any atom is -0.293 e. The monoisotopic (exact) mass is 292 g/mol. The molecule has 0 saturated heterocycles. The minimum atomic E-state index is -5.95. The summed E-state index contributed by atoms with van der Waals surface area (Å²) in [6.07, 6.45) is -11.9. The van der Waals surface area contributed by atoms with Gasteiger partial charge in [-0.05, 0) is 18.2 Å². The number of rotatable bonds is 2. The zero-order valence-electron chi connectivity index (χ0n) is 8.74. The standard InChI is InChI=1S/C10H4F8O/c11-4-1-2-6(12)5(3-4)7(19)8(9(13,14)15)10(16,17)18/h1-3,8H. The first-order valence-corrected chi connectivity index (χ1v) is 4.57. The fourth-order valence-corrected chi connectivity index (χ4v) is 1.32. The summed E-state index contributed by atoms with van der Waals surface area (Å²) in [7, 11) is 0. The number of carbonyl (C=O) groups is 1. The lowest BCUT2D eigenvalue weighted by Crippen LogP contribution is -2.42. The zero-order valence-corrected chi connectivity index (χ0v) is 8.74. The molecule has 1 rings (SSSR count). The van der Waals surface area contributed by atoms with Crippen molar-refractivity contribution >= 4 is 5.78 Å². The van der Waals surface area contributed by atoms with E-state index in [1.165, 1.54) is 0 Å². The molecule has 9 heteroatoms. The van der Waals surface area contributed by atoms with Crippen LogP contribution in [0.25, 0.3) is 0 Å². The quantitative estimate of drug-likeness (QED) is 0.597.